The van der Waals surface area contributed by atoms with E-state index in [9.17, 15) is 22.4 Å². The van der Waals surface area contributed by atoms with Crippen molar-refractivity contribution in [3.63, 3.8) is 0 Å². The first-order valence-corrected chi connectivity index (χ1v) is 11.4. The van der Waals surface area contributed by atoms with Crippen molar-refractivity contribution in [2.24, 2.45) is 5.41 Å². The van der Waals surface area contributed by atoms with E-state index in [1.165, 1.54) is 6.07 Å². The maximum atomic E-state index is 14.7. The molecule has 1 aromatic carbocycles. The largest absolute Gasteiger partial charge is 0.427 e. The van der Waals surface area contributed by atoms with E-state index >= 15 is 0 Å². The molecule has 3 aliphatic rings. The van der Waals surface area contributed by atoms with Crippen LogP contribution in [0.2, 0.25) is 0 Å². The number of carbonyl (C=O) groups is 1. The third kappa shape index (κ3) is 4.79. The van der Waals surface area contributed by atoms with Gasteiger partial charge in [0.25, 0.3) is 11.9 Å². The number of piperidine rings is 1. The lowest BCUT2D eigenvalue weighted by Gasteiger charge is -2.29. The summed E-state index contributed by atoms with van der Waals surface area (Å²) < 4.78 is 59.5. The van der Waals surface area contributed by atoms with Gasteiger partial charge in [0.05, 0.1) is 5.69 Å². The number of halogens is 4. The molecule has 0 atom stereocenters. The van der Waals surface area contributed by atoms with Gasteiger partial charge in [-0.2, -0.15) is 18.2 Å². The molecule has 2 aromatic rings. The summed E-state index contributed by atoms with van der Waals surface area (Å²) in [5.74, 6) is -1.87. The number of oxazole rings is 1. The molecule has 1 spiro atoms. The molecular weight excluding hydrogens is 440 g/mol. The number of alkyl halides is 3. The number of carbonyl (C=O) groups excluding carboxylic acids is 1. The molecule has 1 amide bonds. The first-order chi connectivity index (χ1) is 15.7. The van der Waals surface area contributed by atoms with Crippen LogP contribution in [0.1, 0.15) is 54.8 Å². The normalized spacial score (nSPS) is 19.9. The van der Waals surface area contributed by atoms with Crippen LogP contribution in [-0.2, 0) is 6.42 Å². The highest BCUT2D eigenvalue weighted by atomic mass is 19.4. The van der Waals surface area contributed by atoms with Crippen LogP contribution in [0.25, 0.3) is 0 Å². The molecule has 2 saturated heterocycles. The second kappa shape index (κ2) is 8.22. The third-order valence-electron chi connectivity index (χ3n) is 6.83. The van der Waals surface area contributed by atoms with Gasteiger partial charge < -0.3 is 19.5 Å². The molecule has 0 bridgehead atoms. The second-order valence-electron chi connectivity index (χ2n) is 9.40. The highest BCUT2D eigenvalue weighted by Gasteiger charge is 2.49. The van der Waals surface area contributed by atoms with E-state index in [4.69, 9.17) is 4.42 Å². The average molecular weight is 466 g/mol. The first kappa shape index (κ1) is 22.0. The van der Waals surface area contributed by atoms with E-state index in [-0.39, 0.29) is 17.1 Å². The van der Waals surface area contributed by atoms with Crippen molar-refractivity contribution in [1.82, 2.24) is 4.98 Å². The van der Waals surface area contributed by atoms with Crippen molar-refractivity contribution in [2.75, 3.05) is 41.3 Å². The maximum absolute atomic E-state index is 14.7. The van der Waals surface area contributed by atoms with Crippen molar-refractivity contribution < 1.29 is 26.8 Å². The van der Waals surface area contributed by atoms with Crippen molar-refractivity contribution in [3.05, 3.63) is 35.5 Å². The summed E-state index contributed by atoms with van der Waals surface area (Å²) in [7, 11) is 0. The molecule has 0 radical (unpaired) electrons. The fourth-order valence-corrected chi connectivity index (χ4v) is 4.80. The van der Waals surface area contributed by atoms with Gasteiger partial charge in [-0.05, 0) is 62.1 Å². The van der Waals surface area contributed by atoms with Crippen LogP contribution >= 0.6 is 0 Å². The van der Waals surface area contributed by atoms with Crippen molar-refractivity contribution >= 4 is 23.3 Å². The number of hydrogen-bond donors (Lipinski definition) is 1. The summed E-state index contributed by atoms with van der Waals surface area (Å²) in [6, 6.07) is 4.35. The summed E-state index contributed by atoms with van der Waals surface area (Å²) in [6.07, 6.45) is 0.260. The molecule has 2 aliphatic heterocycles. The first-order valence-electron chi connectivity index (χ1n) is 11.4. The Kier molecular flexibility index (Phi) is 5.49. The number of nitrogens with zero attached hydrogens (tertiary/aromatic N) is 3. The number of benzene rings is 1. The van der Waals surface area contributed by atoms with E-state index in [1.807, 2.05) is 4.90 Å². The lowest BCUT2D eigenvalue weighted by Crippen LogP contribution is -2.30. The van der Waals surface area contributed by atoms with Crippen LogP contribution < -0.4 is 15.1 Å². The minimum Gasteiger partial charge on any atom is -0.427 e. The minimum absolute atomic E-state index is 0.0369. The summed E-state index contributed by atoms with van der Waals surface area (Å²) in [4.78, 5) is 20.7. The number of rotatable bonds is 5. The van der Waals surface area contributed by atoms with Gasteiger partial charge in [-0.15, -0.1) is 0 Å². The molecule has 3 fully saturated rings. The molecule has 6 nitrogen and oxygen atoms in total. The number of hydrogen-bond acceptors (Lipinski definition) is 5. The van der Waals surface area contributed by atoms with Gasteiger partial charge in [0, 0.05) is 31.9 Å². The molecule has 33 heavy (non-hydrogen) atoms. The quantitative estimate of drug-likeness (QED) is 0.618. The predicted molar refractivity (Wildman–Crippen MR) is 115 cm³/mol. The smallest absolute Gasteiger partial charge is 0.396 e. The van der Waals surface area contributed by atoms with Gasteiger partial charge in [-0.25, -0.2) is 4.39 Å². The second-order valence-corrected chi connectivity index (χ2v) is 9.40. The van der Waals surface area contributed by atoms with E-state index in [0.717, 1.165) is 51.6 Å². The number of anilines is 3. The van der Waals surface area contributed by atoms with Gasteiger partial charge in [0.2, 0.25) is 0 Å². The van der Waals surface area contributed by atoms with Crippen LogP contribution in [0.5, 0.6) is 0 Å². The molecule has 1 saturated carbocycles. The Labute approximate surface area is 188 Å². The summed E-state index contributed by atoms with van der Waals surface area (Å²) in [5.41, 5.74) is 0.407. The Morgan fingerprint density at radius 1 is 1.09 bits per heavy atom. The zero-order valence-corrected chi connectivity index (χ0v) is 18.2. The van der Waals surface area contributed by atoms with E-state index in [0.29, 0.717) is 18.8 Å². The third-order valence-corrected chi connectivity index (χ3v) is 6.83. The summed E-state index contributed by atoms with van der Waals surface area (Å²) >= 11 is 0. The van der Waals surface area contributed by atoms with E-state index in [2.05, 4.69) is 10.3 Å². The Balaban J connectivity index is 1.35. The Hall–Kier alpha value is -2.78. The average Bonchev–Trinajstić information content (AvgIpc) is 3.19. The van der Waals surface area contributed by atoms with Crippen LogP contribution in [0.4, 0.5) is 35.0 Å². The van der Waals surface area contributed by atoms with Gasteiger partial charge in [0.15, 0.2) is 5.69 Å². The Bertz CT molecular complexity index is 1040. The lowest BCUT2D eigenvalue weighted by atomic mass is 10.1. The van der Waals surface area contributed by atoms with Crippen LogP contribution in [0.3, 0.4) is 0 Å². The number of amides is 1. The highest BCUT2D eigenvalue weighted by Crippen LogP contribution is 2.53. The number of aromatic nitrogens is 1. The molecule has 178 valence electrons. The van der Waals surface area contributed by atoms with Crippen LogP contribution in [-0.4, -0.2) is 43.2 Å². The van der Waals surface area contributed by atoms with Crippen molar-refractivity contribution in [1.29, 1.82) is 0 Å². The topological polar surface area (TPSA) is 61.6 Å². The molecule has 1 N–H and O–H groups in total. The fraction of sp³-hybridized carbons (Fsp3) is 0.565. The standard InChI is InChI=1S/C23H26F4N4O2/c24-16-12-15(4-5-17(16)30-9-2-1-3-10-30)28-20(32)19-18(13-23(25,26)27)33-21(29-19)31-11-8-22(14-31)6-7-22/h4-5,12H,1-3,6-11,13-14H2,(H,28,32). The molecule has 1 aliphatic carbocycles. The molecular formula is C23H26F4N4O2. The molecule has 3 heterocycles. The monoisotopic (exact) mass is 466 g/mol. The van der Waals surface area contributed by atoms with E-state index in [1.54, 1.807) is 17.0 Å². The fourth-order valence-electron chi connectivity index (χ4n) is 4.80. The Morgan fingerprint density at radius 2 is 1.85 bits per heavy atom. The zero-order chi connectivity index (χ0) is 23.2. The zero-order valence-electron chi connectivity index (χ0n) is 18.2. The van der Waals surface area contributed by atoms with Crippen molar-refractivity contribution in [2.45, 2.75) is 51.1 Å². The Morgan fingerprint density at radius 3 is 2.48 bits per heavy atom. The van der Waals surface area contributed by atoms with Gasteiger partial charge in [-0.1, -0.05) is 0 Å². The van der Waals surface area contributed by atoms with Crippen LogP contribution in [0.15, 0.2) is 22.6 Å². The van der Waals surface area contributed by atoms with Crippen molar-refractivity contribution in [3.8, 4) is 0 Å². The maximum Gasteiger partial charge on any atom is 0.396 e. The molecule has 1 aromatic heterocycles. The highest BCUT2D eigenvalue weighted by molar-refractivity contribution is 6.03. The van der Waals surface area contributed by atoms with E-state index < -0.39 is 35.8 Å². The summed E-state index contributed by atoms with van der Waals surface area (Å²) in [5, 5.41) is 2.48. The molecule has 0 unspecified atom stereocenters. The van der Waals surface area contributed by atoms with Gasteiger partial charge >= 0.3 is 6.18 Å². The molecule has 5 rings (SSSR count). The van der Waals surface area contributed by atoms with Gasteiger partial charge in [0.1, 0.15) is 18.0 Å². The number of nitrogens with one attached hydrogen (secondary N) is 1. The summed E-state index contributed by atoms with van der Waals surface area (Å²) in [6.45, 7) is 2.84. The predicted octanol–water partition coefficient (Wildman–Crippen LogP) is 5.15. The lowest BCUT2D eigenvalue weighted by molar-refractivity contribution is -0.130. The SMILES string of the molecule is O=C(Nc1ccc(N2CCCCC2)c(F)c1)c1nc(N2CCC3(CC3)C2)oc1CC(F)(F)F. The van der Waals surface area contributed by atoms with Crippen LogP contribution in [0, 0.1) is 11.2 Å². The minimum atomic E-state index is -4.56. The molecule has 10 heteroatoms. The van der Waals surface area contributed by atoms with Gasteiger partial charge in [-0.3, -0.25) is 4.79 Å².